The zero-order valence-corrected chi connectivity index (χ0v) is 6.57. The lowest BCUT2D eigenvalue weighted by Gasteiger charge is -2.10. The van der Waals surface area contributed by atoms with Crippen LogP contribution in [0.5, 0.6) is 0 Å². The van der Waals surface area contributed by atoms with Crippen molar-refractivity contribution in [1.29, 1.82) is 0 Å². The fourth-order valence-electron chi connectivity index (χ4n) is 0.790. The van der Waals surface area contributed by atoms with Crippen molar-refractivity contribution in [3.05, 3.63) is 30.1 Å². The van der Waals surface area contributed by atoms with Gasteiger partial charge in [0.05, 0.1) is 12.2 Å². The Balaban J connectivity index is 2.51. The molecule has 3 heteroatoms. The Bertz CT molecular complexity index is 201. The minimum Gasteiger partial charge on any atom is -0.314 e. The monoisotopic (exact) mass is 152 g/mol. The van der Waals surface area contributed by atoms with Crippen LogP contribution in [0.3, 0.4) is 0 Å². The van der Waals surface area contributed by atoms with Crippen LogP contribution in [0.2, 0.25) is 0 Å². The summed E-state index contributed by atoms with van der Waals surface area (Å²) in [7, 11) is 0. The number of pyridine rings is 1. The summed E-state index contributed by atoms with van der Waals surface area (Å²) in [5.74, 6) is 0. The summed E-state index contributed by atoms with van der Waals surface area (Å²) in [5, 5.41) is 10.3. The van der Waals surface area contributed by atoms with E-state index in [1.165, 1.54) is 5.06 Å². The quantitative estimate of drug-likeness (QED) is 0.663. The summed E-state index contributed by atoms with van der Waals surface area (Å²) >= 11 is 0. The summed E-state index contributed by atoms with van der Waals surface area (Å²) in [5.41, 5.74) is 0.886. The molecule has 0 bridgehead atoms. The molecule has 0 amide bonds. The van der Waals surface area contributed by atoms with E-state index >= 15 is 0 Å². The predicted octanol–water partition coefficient (Wildman–Crippen LogP) is 1.29. The molecule has 1 aromatic heterocycles. The van der Waals surface area contributed by atoms with Crippen LogP contribution < -0.4 is 0 Å². The standard InChI is InChI=1S/C8H12N2O/c1-2-10(11)7-8-5-3-4-6-9-8/h3-6,11H,2,7H2,1H3. The van der Waals surface area contributed by atoms with Gasteiger partial charge in [-0.1, -0.05) is 13.0 Å². The smallest absolute Gasteiger partial charge is 0.0661 e. The number of nitrogens with zero attached hydrogens (tertiary/aromatic N) is 2. The molecule has 3 nitrogen and oxygen atoms in total. The number of hydroxylamine groups is 2. The van der Waals surface area contributed by atoms with Gasteiger partial charge in [-0.05, 0) is 12.1 Å². The van der Waals surface area contributed by atoms with Crippen molar-refractivity contribution in [3.63, 3.8) is 0 Å². The Morgan fingerprint density at radius 2 is 2.36 bits per heavy atom. The molecular formula is C8H12N2O. The Kier molecular flexibility index (Phi) is 3.01. The largest absolute Gasteiger partial charge is 0.314 e. The summed E-state index contributed by atoms with van der Waals surface area (Å²) in [6, 6.07) is 5.65. The predicted molar refractivity (Wildman–Crippen MR) is 42.1 cm³/mol. The second-order valence-electron chi connectivity index (χ2n) is 2.30. The molecule has 0 aliphatic carbocycles. The third kappa shape index (κ3) is 2.65. The third-order valence-electron chi connectivity index (χ3n) is 1.44. The molecule has 0 aliphatic rings. The molecule has 0 spiro atoms. The van der Waals surface area contributed by atoms with E-state index in [0.29, 0.717) is 13.1 Å². The Hall–Kier alpha value is -0.930. The minimum atomic E-state index is 0.497. The SMILES string of the molecule is CCN(O)Cc1ccccn1. The van der Waals surface area contributed by atoms with Crippen LogP contribution in [-0.2, 0) is 6.54 Å². The summed E-state index contributed by atoms with van der Waals surface area (Å²) in [6.45, 7) is 3.01. The lowest BCUT2D eigenvalue weighted by molar-refractivity contribution is -0.0955. The maximum atomic E-state index is 9.10. The van der Waals surface area contributed by atoms with E-state index in [4.69, 9.17) is 5.21 Å². The molecule has 0 saturated heterocycles. The molecule has 0 unspecified atom stereocenters. The number of hydrogen-bond donors (Lipinski definition) is 1. The number of rotatable bonds is 3. The fraction of sp³-hybridized carbons (Fsp3) is 0.375. The highest BCUT2D eigenvalue weighted by atomic mass is 16.5. The molecular weight excluding hydrogens is 140 g/mol. The minimum absolute atomic E-state index is 0.497. The zero-order valence-electron chi connectivity index (χ0n) is 6.57. The van der Waals surface area contributed by atoms with Crippen molar-refractivity contribution in [3.8, 4) is 0 Å². The number of aromatic nitrogens is 1. The molecule has 0 aliphatic heterocycles. The molecule has 0 radical (unpaired) electrons. The fourth-order valence-corrected chi connectivity index (χ4v) is 0.790. The highest BCUT2D eigenvalue weighted by molar-refractivity contribution is 5.02. The van der Waals surface area contributed by atoms with E-state index in [9.17, 15) is 0 Å². The van der Waals surface area contributed by atoms with Gasteiger partial charge >= 0.3 is 0 Å². The topological polar surface area (TPSA) is 36.4 Å². The molecule has 0 fully saturated rings. The molecule has 1 N–H and O–H groups in total. The highest BCUT2D eigenvalue weighted by Crippen LogP contribution is 1.96. The Labute approximate surface area is 66.3 Å². The molecule has 0 atom stereocenters. The maximum absolute atomic E-state index is 9.10. The van der Waals surface area contributed by atoms with Gasteiger partial charge in [0, 0.05) is 12.7 Å². The lowest BCUT2D eigenvalue weighted by atomic mass is 10.3. The molecule has 0 saturated carbocycles. The maximum Gasteiger partial charge on any atom is 0.0661 e. The van der Waals surface area contributed by atoms with Crippen molar-refractivity contribution in [2.75, 3.05) is 6.54 Å². The van der Waals surface area contributed by atoms with Crippen LogP contribution in [0.4, 0.5) is 0 Å². The van der Waals surface area contributed by atoms with Crippen LogP contribution in [0, 0.1) is 0 Å². The van der Waals surface area contributed by atoms with Crippen molar-refractivity contribution >= 4 is 0 Å². The van der Waals surface area contributed by atoms with E-state index in [-0.39, 0.29) is 0 Å². The molecule has 1 heterocycles. The van der Waals surface area contributed by atoms with Crippen molar-refractivity contribution in [2.45, 2.75) is 13.5 Å². The molecule has 60 valence electrons. The van der Waals surface area contributed by atoms with Crippen LogP contribution in [0.15, 0.2) is 24.4 Å². The second kappa shape index (κ2) is 4.05. The third-order valence-corrected chi connectivity index (χ3v) is 1.44. The molecule has 11 heavy (non-hydrogen) atoms. The summed E-state index contributed by atoms with van der Waals surface area (Å²) < 4.78 is 0. The Morgan fingerprint density at radius 3 is 2.91 bits per heavy atom. The highest BCUT2D eigenvalue weighted by Gasteiger charge is 1.97. The van der Waals surface area contributed by atoms with Crippen molar-refractivity contribution in [2.24, 2.45) is 0 Å². The molecule has 1 aromatic rings. The van der Waals surface area contributed by atoms with E-state index in [2.05, 4.69) is 4.98 Å². The molecule has 1 rings (SSSR count). The van der Waals surface area contributed by atoms with E-state index < -0.39 is 0 Å². The average molecular weight is 152 g/mol. The average Bonchev–Trinajstić information content (AvgIpc) is 2.06. The first-order chi connectivity index (χ1) is 5.33. The van der Waals surface area contributed by atoms with Gasteiger partial charge in [-0.15, -0.1) is 0 Å². The van der Waals surface area contributed by atoms with Gasteiger partial charge in [-0.2, -0.15) is 5.06 Å². The summed E-state index contributed by atoms with van der Waals surface area (Å²) in [6.07, 6.45) is 1.72. The van der Waals surface area contributed by atoms with Crippen molar-refractivity contribution in [1.82, 2.24) is 10.0 Å². The van der Waals surface area contributed by atoms with Gasteiger partial charge in [0.2, 0.25) is 0 Å². The first-order valence-electron chi connectivity index (χ1n) is 3.66. The van der Waals surface area contributed by atoms with Gasteiger partial charge in [0.25, 0.3) is 0 Å². The van der Waals surface area contributed by atoms with E-state index in [1.807, 2.05) is 25.1 Å². The first-order valence-corrected chi connectivity index (χ1v) is 3.66. The summed E-state index contributed by atoms with van der Waals surface area (Å²) in [4.78, 5) is 4.06. The first kappa shape index (κ1) is 8.17. The second-order valence-corrected chi connectivity index (χ2v) is 2.30. The van der Waals surface area contributed by atoms with Gasteiger partial charge in [-0.25, -0.2) is 0 Å². The normalized spacial score (nSPS) is 10.5. The van der Waals surface area contributed by atoms with Crippen LogP contribution in [-0.4, -0.2) is 21.8 Å². The van der Waals surface area contributed by atoms with Gasteiger partial charge in [-0.3, -0.25) is 4.98 Å². The van der Waals surface area contributed by atoms with E-state index in [1.54, 1.807) is 6.20 Å². The van der Waals surface area contributed by atoms with Gasteiger partial charge in [0.1, 0.15) is 0 Å². The lowest BCUT2D eigenvalue weighted by Crippen LogP contribution is -2.18. The van der Waals surface area contributed by atoms with Crippen molar-refractivity contribution < 1.29 is 5.21 Å². The van der Waals surface area contributed by atoms with Gasteiger partial charge < -0.3 is 5.21 Å². The molecule has 0 aromatic carbocycles. The zero-order chi connectivity index (χ0) is 8.10. The number of hydrogen-bond acceptors (Lipinski definition) is 3. The van der Waals surface area contributed by atoms with Gasteiger partial charge in [0.15, 0.2) is 0 Å². The van der Waals surface area contributed by atoms with Crippen LogP contribution in [0.1, 0.15) is 12.6 Å². The van der Waals surface area contributed by atoms with E-state index in [0.717, 1.165) is 5.69 Å². The van der Waals surface area contributed by atoms with Crippen LogP contribution in [0.25, 0.3) is 0 Å². The van der Waals surface area contributed by atoms with Crippen LogP contribution >= 0.6 is 0 Å². The Morgan fingerprint density at radius 1 is 1.55 bits per heavy atom.